The molecule has 2 aromatic rings. The Morgan fingerprint density at radius 2 is 2.36 bits per heavy atom. The van der Waals surface area contributed by atoms with Gasteiger partial charge in [-0.1, -0.05) is 16.8 Å². The fraction of sp³-hybridized carbons (Fsp3) is 0.500. The third kappa shape index (κ3) is 2.88. The fourth-order valence-corrected chi connectivity index (χ4v) is 3.78. The number of hydrogen-bond donors (Lipinski definition) is 1. The first-order chi connectivity index (χ1) is 10.5. The van der Waals surface area contributed by atoms with E-state index in [0.717, 1.165) is 4.88 Å². The zero-order valence-corrected chi connectivity index (χ0v) is 13.8. The number of aliphatic hydroxyl groups is 1. The summed E-state index contributed by atoms with van der Waals surface area (Å²) in [6.45, 7) is 3.83. The molecular formula is C14H16ClN3O3S. The number of aryl methyl sites for hydroxylation is 1. The Bertz CT molecular complexity index is 686. The third-order valence-corrected chi connectivity index (χ3v) is 5.20. The smallest absolute Gasteiger partial charge is 0.249 e. The van der Waals surface area contributed by atoms with Gasteiger partial charge in [0.05, 0.1) is 16.4 Å². The number of nitrogens with zero attached hydrogens (tertiary/aromatic N) is 3. The molecule has 3 rings (SSSR count). The number of hydrogen-bond acceptors (Lipinski definition) is 6. The van der Waals surface area contributed by atoms with E-state index in [0.29, 0.717) is 22.5 Å². The van der Waals surface area contributed by atoms with Gasteiger partial charge in [-0.2, -0.15) is 4.98 Å². The van der Waals surface area contributed by atoms with Crippen molar-refractivity contribution in [1.82, 2.24) is 15.0 Å². The minimum absolute atomic E-state index is 0.0732. The molecular weight excluding hydrogens is 326 g/mol. The number of carbonyl (C=O) groups is 1. The van der Waals surface area contributed by atoms with Gasteiger partial charge in [-0.3, -0.25) is 4.79 Å². The zero-order chi connectivity index (χ0) is 15.9. The summed E-state index contributed by atoms with van der Waals surface area (Å²) < 4.78 is 5.83. The van der Waals surface area contributed by atoms with Crippen LogP contribution in [0, 0.1) is 6.92 Å². The van der Waals surface area contributed by atoms with Crippen LogP contribution in [0.25, 0.3) is 0 Å². The first kappa shape index (κ1) is 15.5. The molecule has 118 valence electrons. The Morgan fingerprint density at radius 3 is 2.95 bits per heavy atom. The molecule has 1 amide bonds. The highest BCUT2D eigenvalue weighted by atomic mass is 35.5. The SMILES string of the molecule is Cc1noc([C@H]2C[C@H](O)CN2C(=O)[C@@H](C)c2ccc(Cl)s2)n1. The second-order valence-corrected chi connectivity index (χ2v) is 7.19. The van der Waals surface area contributed by atoms with E-state index in [1.165, 1.54) is 11.3 Å². The molecule has 0 aliphatic carbocycles. The van der Waals surface area contributed by atoms with E-state index in [2.05, 4.69) is 10.1 Å². The van der Waals surface area contributed by atoms with Crippen LogP contribution in [-0.2, 0) is 4.79 Å². The predicted octanol–water partition coefficient (Wildman–Crippen LogP) is 2.53. The monoisotopic (exact) mass is 341 g/mol. The van der Waals surface area contributed by atoms with Crippen molar-refractivity contribution in [1.29, 1.82) is 0 Å². The minimum atomic E-state index is -0.583. The first-order valence-electron chi connectivity index (χ1n) is 6.99. The number of β-amino-alcohol motifs (C(OH)–C–C–N with tert-alkyl or cyclic N) is 1. The molecule has 1 saturated heterocycles. The Hall–Kier alpha value is -1.44. The predicted molar refractivity (Wildman–Crippen MR) is 81.9 cm³/mol. The highest BCUT2D eigenvalue weighted by molar-refractivity contribution is 7.16. The standard InChI is InChI=1S/C14H16ClN3O3S/c1-7(11-3-4-12(15)22-11)14(20)18-6-9(19)5-10(18)13-16-8(2)17-21-13/h3-4,7,9-10,19H,5-6H2,1-2H3/t7-,9-,10+/m0/s1. The Kier molecular flexibility index (Phi) is 4.20. The summed E-state index contributed by atoms with van der Waals surface area (Å²) in [5, 5.41) is 13.7. The first-order valence-corrected chi connectivity index (χ1v) is 8.19. The van der Waals surface area contributed by atoms with Crippen molar-refractivity contribution in [2.75, 3.05) is 6.54 Å². The van der Waals surface area contributed by atoms with Crippen LogP contribution in [0.4, 0.5) is 0 Å². The van der Waals surface area contributed by atoms with E-state index in [1.807, 2.05) is 13.0 Å². The van der Waals surface area contributed by atoms with Gasteiger partial charge in [0.15, 0.2) is 5.82 Å². The van der Waals surface area contributed by atoms with E-state index in [-0.39, 0.29) is 24.4 Å². The van der Waals surface area contributed by atoms with Crippen LogP contribution in [0.2, 0.25) is 4.34 Å². The number of halogens is 1. The lowest BCUT2D eigenvalue weighted by molar-refractivity contribution is -0.134. The van der Waals surface area contributed by atoms with Gasteiger partial charge < -0.3 is 14.5 Å². The maximum atomic E-state index is 12.8. The lowest BCUT2D eigenvalue weighted by Crippen LogP contribution is -2.34. The molecule has 0 spiro atoms. The van der Waals surface area contributed by atoms with Crippen LogP contribution in [0.15, 0.2) is 16.7 Å². The summed E-state index contributed by atoms with van der Waals surface area (Å²) in [6.07, 6.45) is -0.175. The number of likely N-dealkylation sites (tertiary alicyclic amines) is 1. The Balaban J connectivity index is 1.83. The van der Waals surface area contributed by atoms with Crippen LogP contribution in [-0.4, -0.2) is 38.7 Å². The molecule has 22 heavy (non-hydrogen) atoms. The normalized spacial score (nSPS) is 23.0. The number of carbonyl (C=O) groups excluding carboxylic acids is 1. The van der Waals surface area contributed by atoms with Crippen LogP contribution >= 0.6 is 22.9 Å². The number of amides is 1. The second kappa shape index (κ2) is 5.98. The van der Waals surface area contributed by atoms with Crippen molar-refractivity contribution in [3.63, 3.8) is 0 Å². The van der Waals surface area contributed by atoms with Gasteiger partial charge in [-0.05, 0) is 26.0 Å². The average Bonchev–Trinajstić information content (AvgIpc) is 3.17. The van der Waals surface area contributed by atoms with Crippen molar-refractivity contribution >= 4 is 28.8 Å². The van der Waals surface area contributed by atoms with Gasteiger partial charge in [-0.15, -0.1) is 11.3 Å². The average molecular weight is 342 g/mol. The van der Waals surface area contributed by atoms with Crippen molar-refractivity contribution in [2.24, 2.45) is 0 Å². The van der Waals surface area contributed by atoms with Crippen molar-refractivity contribution in [3.05, 3.63) is 33.1 Å². The number of thiophene rings is 1. The van der Waals surface area contributed by atoms with Crippen LogP contribution in [0.5, 0.6) is 0 Å². The van der Waals surface area contributed by atoms with Gasteiger partial charge in [0.2, 0.25) is 11.8 Å². The number of aromatic nitrogens is 2. The van der Waals surface area contributed by atoms with E-state index < -0.39 is 6.10 Å². The maximum absolute atomic E-state index is 12.8. The van der Waals surface area contributed by atoms with Gasteiger partial charge in [0.1, 0.15) is 6.04 Å². The molecule has 0 radical (unpaired) electrons. The van der Waals surface area contributed by atoms with Crippen LogP contribution < -0.4 is 0 Å². The van der Waals surface area contributed by atoms with Gasteiger partial charge in [-0.25, -0.2) is 0 Å². The summed E-state index contributed by atoms with van der Waals surface area (Å²) in [5.41, 5.74) is 0. The van der Waals surface area contributed by atoms with E-state index in [1.54, 1.807) is 17.9 Å². The minimum Gasteiger partial charge on any atom is -0.391 e. The van der Waals surface area contributed by atoms with Crippen molar-refractivity contribution in [2.45, 2.75) is 38.3 Å². The Morgan fingerprint density at radius 1 is 1.59 bits per heavy atom. The highest BCUT2D eigenvalue weighted by Crippen LogP contribution is 2.36. The van der Waals surface area contributed by atoms with Crippen molar-refractivity contribution in [3.8, 4) is 0 Å². The van der Waals surface area contributed by atoms with E-state index >= 15 is 0 Å². The highest BCUT2D eigenvalue weighted by Gasteiger charge is 2.40. The molecule has 1 fully saturated rings. The molecule has 3 atom stereocenters. The summed E-state index contributed by atoms with van der Waals surface area (Å²) in [6, 6.07) is 3.26. The van der Waals surface area contributed by atoms with Crippen LogP contribution in [0.1, 0.15) is 41.9 Å². The lowest BCUT2D eigenvalue weighted by Gasteiger charge is -2.24. The number of rotatable bonds is 3. The molecule has 1 aliphatic heterocycles. The van der Waals surface area contributed by atoms with Gasteiger partial charge >= 0.3 is 0 Å². The third-order valence-electron chi connectivity index (χ3n) is 3.78. The molecule has 3 heterocycles. The second-order valence-electron chi connectivity index (χ2n) is 5.44. The molecule has 0 unspecified atom stereocenters. The molecule has 1 aliphatic rings. The molecule has 0 aromatic carbocycles. The summed E-state index contributed by atoms with van der Waals surface area (Å²) in [4.78, 5) is 19.5. The quantitative estimate of drug-likeness (QED) is 0.928. The summed E-state index contributed by atoms with van der Waals surface area (Å²) in [7, 11) is 0. The van der Waals surface area contributed by atoms with E-state index in [4.69, 9.17) is 16.1 Å². The molecule has 0 saturated carbocycles. The summed E-state index contributed by atoms with van der Waals surface area (Å²) >= 11 is 7.33. The van der Waals surface area contributed by atoms with E-state index in [9.17, 15) is 9.90 Å². The molecule has 0 bridgehead atoms. The number of aliphatic hydroxyl groups excluding tert-OH is 1. The molecule has 8 heteroatoms. The van der Waals surface area contributed by atoms with Gasteiger partial charge in [0.25, 0.3) is 0 Å². The zero-order valence-electron chi connectivity index (χ0n) is 12.2. The Labute approximate surface area is 136 Å². The lowest BCUT2D eigenvalue weighted by atomic mass is 10.1. The largest absolute Gasteiger partial charge is 0.391 e. The molecule has 1 N–H and O–H groups in total. The molecule has 2 aromatic heterocycles. The maximum Gasteiger partial charge on any atom is 0.249 e. The topological polar surface area (TPSA) is 79.5 Å². The van der Waals surface area contributed by atoms with Crippen molar-refractivity contribution < 1.29 is 14.4 Å². The molecule has 6 nitrogen and oxygen atoms in total. The van der Waals surface area contributed by atoms with Crippen LogP contribution in [0.3, 0.4) is 0 Å². The van der Waals surface area contributed by atoms with Gasteiger partial charge in [0, 0.05) is 17.8 Å². The summed E-state index contributed by atoms with van der Waals surface area (Å²) in [5.74, 6) is 0.492. The fourth-order valence-electron chi connectivity index (χ4n) is 2.67.